The summed E-state index contributed by atoms with van der Waals surface area (Å²) >= 11 is 0. The van der Waals surface area contributed by atoms with E-state index in [1.165, 1.54) is 0 Å². The minimum absolute atomic E-state index is 0.0671. The van der Waals surface area contributed by atoms with Crippen molar-refractivity contribution in [2.45, 2.75) is 56.5 Å². The molecule has 0 aromatic heterocycles. The number of hydrogen-bond acceptors (Lipinski definition) is 8. The third-order valence-electron chi connectivity index (χ3n) is 5.08. The molecule has 36 heavy (non-hydrogen) atoms. The molecule has 5 atom stereocenters. The maximum atomic E-state index is 12.9. The highest BCUT2D eigenvalue weighted by molar-refractivity contribution is 5.94. The Morgan fingerprint density at radius 1 is 0.972 bits per heavy atom. The number of aliphatic hydroxyl groups excluding tert-OH is 2. The molecule has 5 unspecified atom stereocenters. The summed E-state index contributed by atoms with van der Waals surface area (Å²) in [6.45, 7) is 0.453. The Hall–Kier alpha value is -3.75. The Bertz CT molecular complexity index is 907. The van der Waals surface area contributed by atoms with Crippen molar-refractivity contribution >= 4 is 29.7 Å². The second kappa shape index (κ2) is 15.3. The van der Waals surface area contributed by atoms with Crippen LogP contribution in [0, 0.1) is 0 Å². The average molecular weight is 510 g/mol. The summed E-state index contributed by atoms with van der Waals surface area (Å²) in [5, 5.41) is 35.1. The third kappa shape index (κ3) is 10.7. The fraction of sp³-hybridized carbons (Fsp3) is 0.500. The molecule has 14 nitrogen and oxygen atoms in total. The molecule has 0 saturated carbocycles. The van der Waals surface area contributed by atoms with E-state index in [1.807, 2.05) is 11.4 Å². The van der Waals surface area contributed by atoms with Crippen molar-refractivity contribution < 1.29 is 34.5 Å². The van der Waals surface area contributed by atoms with E-state index in [9.17, 15) is 29.4 Å². The van der Waals surface area contributed by atoms with Gasteiger partial charge in [-0.25, -0.2) is 4.79 Å². The number of aliphatic carboxylic acids is 1. The quantitative estimate of drug-likeness (QED) is 0.0640. The van der Waals surface area contributed by atoms with Gasteiger partial charge in [0.2, 0.25) is 17.7 Å². The number of carbonyl (C=O) groups excluding carboxylic acids is 3. The second-order valence-corrected chi connectivity index (χ2v) is 8.12. The van der Waals surface area contributed by atoms with Crippen molar-refractivity contribution in [3.05, 3.63) is 35.9 Å². The summed E-state index contributed by atoms with van der Waals surface area (Å²) in [5.41, 5.74) is 17.4. The third-order valence-corrected chi connectivity index (χ3v) is 5.08. The lowest BCUT2D eigenvalue weighted by atomic mass is 10.0. The fourth-order valence-electron chi connectivity index (χ4n) is 3.12. The van der Waals surface area contributed by atoms with E-state index in [1.54, 1.807) is 24.3 Å². The van der Waals surface area contributed by atoms with Gasteiger partial charge in [0.15, 0.2) is 12.0 Å². The number of nitrogens with one attached hydrogen (secondary N) is 3. The van der Waals surface area contributed by atoms with Crippen LogP contribution in [0.5, 0.6) is 0 Å². The van der Waals surface area contributed by atoms with E-state index >= 15 is 0 Å². The smallest absolute Gasteiger partial charge is 0.328 e. The SMILES string of the molecule is CC(O)C(NC(=O)C(CO)NC(=O)C(CCCN=C(N)N)NC(=O)C(N)Cc1ccccc1)C(=O)O. The summed E-state index contributed by atoms with van der Waals surface area (Å²) in [5.74, 6) is -4.12. The molecule has 0 radical (unpaired) electrons. The van der Waals surface area contributed by atoms with E-state index in [4.69, 9.17) is 22.3 Å². The fourth-order valence-corrected chi connectivity index (χ4v) is 3.12. The number of carboxylic acids is 1. The average Bonchev–Trinajstić information content (AvgIpc) is 2.82. The molecule has 1 aromatic carbocycles. The number of guanidine groups is 1. The van der Waals surface area contributed by atoms with Gasteiger partial charge in [0.05, 0.1) is 18.8 Å². The van der Waals surface area contributed by atoms with Crippen LogP contribution in [-0.2, 0) is 25.6 Å². The van der Waals surface area contributed by atoms with Gasteiger partial charge in [-0.3, -0.25) is 19.4 Å². The highest BCUT2D eigenvalue weighted by Gasteiger charge is 2.31. The molecule has 0 bridgehead atoms. The first-order chi connectivity index (χ1) is 17.0. The molecule has 0 aliphatic heterocycles. The van der Waals surface area contributed by atoms with Crippen molar-refractivity contribution in [1.82, 2.24) is 16.0 Å². The molecular weight excluding hydrogens is 474 g/mol. The first-order valence-electron chi connectivity index (χ1n) is 11.2. The number of hydrogen-bond donors (Lipinski definition) is 9. The van der Waals surface area contributed by atoms with Crippen LogP contribution in [0.25, 0.3) is 0 Å². The number of carbonyl (C=O) groups is 4. The second-order valence-electron chi connectivity index (χ2n) is 8.12. The monoisotopic (exact) mass is 509 g/mol. The van der Waals surface area contributed by atoms with Gasteiger partial charge in [-0.15, -0.1) is 0 Å². The summed E-state index contributed by atoms with van der Waals surface area (Å²) < 4.78 is 0. The molecule has 0 aliphatic carbocycles. The summed E-state index contributed by atoms with van der Waals surface area (Å²) in [6.07, 6.45) is -0.872. The van der Waals surface area contributed by atoms with Crippen LogP contribution in [0.1, 0.15) is 25.3 Å². The Morgan fingerprint density at radius 2 is 1.56 bits per heavy atom. The molecule has 12 N–H and O–H groups in total. The van der Waals surface area contributed by atoms with Crippen molar-refractivity contribution in [3.63, 3.8) is 0 Å². The Morgan fingerprint density at radius 3 is 2.08 bits per heavy atom. The van der Waals surface area contributed by atoms with Gasteiger partial charge in [0.1, 0.15) is 12.1 Å². The zero-order valence-corrected chi connectivity index (χ0v) is 20.0. The minimum Gasteiger partial charge on any atom is -0.480 e. The first kappa shape index (κ1) is 30.3. The molecule has 0 aliphatic rings. The van der Waals surface area contributed by atoms with Gasteiger partial charge >= 0.3 is 5.97 Å². The first-order valence-corrected chi connectivity index (χ1v) is 11.2. The molecule has 0 fully saturated rings. The number of amides is 3. The number of aliphatic imine (C=N–C) groups is 1. The van der Waals surface area contributed by atoms with Crippen LogP contribution in [0.2, 0.25) is 0 Å². The molecule has 1 rings (SSSR count). The van der Waals surface area contributed by atoms with Crippen LogP contribution in [0.3, 0.4) is 0 Å². The van der Waals surface area contributed by atoms with Crippen molar-refractivity contribution in [1.29, 1.82) is 0 Å². The number of nitrogens with zero attached hydrogens (tertiary/aromatic N) is 1. The Kier molecular flexibility index (Phi) is 12.9. The molecular formula is C22H35N7O7. The predicted molar refractivity (Wildman–Crippen MR) is 130 cm³/mol. The van der Waals surface area contributed by atoms with Gasteiger partial charge in [-0.2, -0.15) is 0 Å². The largest absolute Gasteiger partial charge is 0.480 e. The highest BCUT2D eigenvalue weighted by atomic mass is 16.4. The molecule has 200 valence electrons. The molecule has 14 heteroatoms. The van der Waals surface area contributed by atoms with Crippen molar-refractivity contribution in [2.24, 2.45) is 22.2 Å². The molecule has 1 aromatic rings. The van der Waals surface area contributed by atoms with Crippen LogP contribution in [0.4, 0.5) is 0 Å². The topological polar surface area (TPSA) is 255 Å². The lowest BCUT2D eigenvalue weighted by Gasteiger charge is -2.25. The van der Waals surface area contributed by atoms with Crippen LogP contribution < -0.4 is 33.2 Å². The minimum atomic E-state index is -1.66. The predicted octanol–water partition coefficient (Wildman–Crippen LogP) is -3.48. The van der Waals surface area contributed by atoms with Gasteiger partial charge in [0.25, 0.3) is 0 Å². The van der Waals surface area contributed by atoms with Crippen LogP contribution in [0.15, 0.2) is 35.3 Å². The van der Waals surface area contributed by atoms with Crippen molar-refractivity contribution in [2.75, 3.05) is 13.2 Å². The molecule has 0 saturated heterocycles. The Balaban J connectivity index is 2.91. The van der Waals surface area contributed by atoms with E-state index in [0.29, 0.717) is 0 Å². The molecule has 0 spiro atoms. The van der Waals surface area contributed by atoms with E-state index in [0.717, 1.165) is 12.5 Å². The number of carboxylic acid groups (broad SMARTS) is 1. The highest BCUT2D eigenvalue weighted by Crippen LogP contribution is 2.05. The maximum absolute atomic E-state index is 12.9. The number of rotatable bonds is 15. The summed E-state index contributed by atoms with van der Waals surface area (Å²) in [6, 6.07) is 3.67. The number of nitrogens with two attached hydrogens (primary N) is 3. The molecule has 3 amide bonds. The van der Waals surface area contributed by atoms with Gasteiger partial charge in [0, 0.05) is 6.54 Å². The lowest BCUT2D eigenvalue weighted by Crippen LogP contribution is -2.59. The lowest BCUT2D eigenvalue weighted by molar-refractivity contribution is -0.145. The van der Waals surface area contributed by atoms with Gasteiger partial charge in [-0.1, -0.05) is 30.3 Å². The van der Waals surface area contributed by atoms with Gasteiger partial charge < -0.3 is 48.5 Å². The number of benzene rings is 1. The van der Waals surface area contributed by atoms with Crippen molar-refractivity contribution in [3.8, 4) is 0 Å². The maximum Gasteiger partial charge on any atom is 0.328 e. The van der Waals surface area contributed by atoms with E-state index in [-0.39, 0.29) is 31.8 Å². The zero-order valence-electron chi connectivity index (χ0n) is 20.0. The Labute approximate surface area is 208 Å². The summed E-state index contributed by atoms with van der Waals surface area (Å²) in [4.78, 5) is 53.0. The normalized spacial score (nSPS) is 14.9. The number of aliphatic hydroxyl groups is 2. The van der Waals surface area contributed by atoms with Crippen LogP contribution in [-0.4, -0.2) is 88.4 Å². The van der Waals surface area contributed by atoms with Gasteiger partial charge in [-0.05, 0) is 31.7 Å². The summed E-state index contributed by atoms with van der Waals surface area (Å²) in [7, 11) is 0. The molecule has 0 heterocycles. The van der Waals surface area contributed by atoms with E-state index < -0.39 is 60.6 Å². The van der Waals surface area contributed by atoms with E-state index in [2.05, 4.69) is 15.6 Å². The zero-order chi connectivity index (χ0) is 27.3. The standard InChI is InChI=1S/C22H35N7O7/c1-12(31)17(21(35)36)29-20(34)16(11-30)28-19(33)15(8-5-9-26-22(24)25)27-18(32)14(23)10-13-6-3-2-4-7-13/h2-4,6-7,12,14-17,30-31H,5,8-11,23H2,1H3,(H,27,32)(H,28,33)(H,29,34)(H,35,36)(H4,24,25,26). The van der Waals surface area contributed by atoms with Crippen LogP contribution >= 0.6 is 0 Å².